The van der Waals surface area contributed by atoms with Crippen LogP contribution < -0.4 is 5.32 Å². The largest absolute Gasteiger partial charge is 0.378 e. The first-order valence-electron chi connectivity index (χ1n) is 5.23. The van der Waals surface area contributed by atoms with Gasteiger partial charge in [0.15, 0.2) is 0 Å². The summed E-state index contributed by atoms with van der Waals surface area (Å²) in [7, 11) is 0. The third kappa shape index (κ3) is 2.69. The molecular weight excluding hydrogens is 256 g/mol. The van der Waals surface area contributed by atoms with Crippen molar-refractivity contribution in [1.29, 1.82) is 0 Å². The summed E-state index contributed by atoms with van der Waals surface area (Å²) in [4.78, 5) is 4.27. The average molecular weight is 271 g/mol. The lowest BCUT2D eigenvalue weighted by molar-refractivity contribution is 0.108. The van der Waals surface area contributed by atoms with Crippen molar-refractivity contribution in [2.24, 2.45) is 5.92 Å². The van der Waals surface area contributed by atoms with Crippen LogP contribution in [0.2, 0.25) is 0 Å². The Bertz CT molecular complexity index is 332. The van der Waals surface area contributed by atoms with E-state index in [0.29, 0.717) is 12.0 Å². The Kier molecular flexibility index (Phi) is 3.59. The van der Waals surface area contributed by atoms with Crippen LogP contribution in [0.15, 0.2) is 22.8 Å². The molecule has 1 fully saturated rings. The van der Waals surface area contributed by atoms with Crippen LogP contribution in [0.1, 0.15) is 13.3 Å². The number of nitrogens with one attached hydrogen (secondary N) is 1. The fourth-order valence-electron chi connectivity index (χ4n) is 1.79. The van der Waals surface area contributed by atoms with Gasteiger partial charge in [0.2, 0.25) is 0 Å². The van der Waals surface area contributed by atoms with Crippen LogP contribution in [0.5, 0.6) is 0 Å². The lowest BCUT2D eigenvalue weighted by Crippen LogP contribution is -2.21. The van der Waals surface area contributed by atoms with Crippen LogP contribution in [0.3, 0.4) is 0 Å². The van der Waals surface area contributed by atoms with Crippen molar-refractivity contribution in [2.75, 3.05) is 18.5 Å². The van der Waals surface area contributed by atoms with Crippen molar-refractivity contribution in [2.45, 2.75) is 19.4 Å². The van der Waals surface area contributed by atoms with Crippen molar-refractivity contribution in [1.82, 2.24) is 4.98 Å². The third-order valence-electron chi connectivity index (χ3n) is 2.82. The van der Waals surface area contributed by atoms with Crippen molar-refractivity contribution >= 4 is 21.7 Å². The third-order valence-corrected chi connectivity index (χ3v) is 3.46. The number of pyridine rings is 1. The van der Waals surface area contributed by atoms with Gasteiger partial charge in [-0.1, -0.05) is 0 Å². The minimum Gasteiger partial charge on any atom is -0.378 e. The highest BCUT2D eigenvalue weighted by Crippen LogP contribution is 2.23. The van der Waals surface area contributed by atoms with Gasteiger partial charge in [0.25, 0.3) is 0 Å². The number of nitrogens with zero attached hydrogens (tertiary/aromatic N) is 1. The van der Waals surface area contributed by atoms with Gasteiger partial charge in [-0.05, 0) is 41.4 Å². The molecule has 4 heteroatoms. The number of rotatable bonds is 3. The molecule has 0 spiro atoms. The molecule has 2 atom stereocenters. The van der Waals surface area contributed by atoms with Gasteiger partial charge in [-0.25, -0.2) is 4.98 Å². The second kappa shape index (κ2) is 4.94. The van der Waals surface area contributed by atoms with E-state index in [-0.39, 0.29) is 0 Å². The van der Waals surface area contributed by atoms with E-state index in [1.165, 1.54) is 0 Å². The Morgan fingerprint density at radius 3 is 3.20 bits per heavy atom. The van der Waals surface area contributed by atoms with Gasteiger partial charge in [0, 0.05) is 25.3 Å². The molecule has 0 aromatic carbocycles. The smallest absolute Gasteiger partial charge is 0.140 e. The van der Waals surface area contributed by atoms with Crippen LogP contribution in [-0.4, -0.2) is 24.2 Å². The molecule has 0 amide bonds. The van der Waals surface area contributed by atoms with Crippen LogP contribution in [0, 0.1) is 5.92 Å². The van der Waals surface area contributed by atoms with E-state index in [2.05, 4.69) is 33.2 Å². The molecule has 2 heterocycles. The van der Waals surface area contributed by atoms with Gasteiger partial charge in [-0.2, -0.15) is 0 Å². The van der Waals surface area contributed by atoms with Crippen molar-refractivity contribution in [3.63, 3.8) is 0 Å². The maximum Gasteiger partial charge on any atom is 0.140 e. The van der Waals surface area contributed by atoms with E-state index < -0.39 is 0 Å². The standard InChI is InChI=1S/C11H15BrN2O/c1-8-9(4-6-15-8)7-14-11-10(12)3-2-5-13-11/h2-3,5,8-9H,4,6-7H2,1H3,(H,13,14). The molecular formula is C11H15BrN2O. The predicted molar refractivity (Wildman–Crippen MR) is 63.9 cm³/mol. The van der Waals surface area contributed by atoms with Crippen LogP contribution in [0.4, 0.5) is 5.82 Å². The summed E-state index contributed by atoms with van der Waals surface area (Å²) in [5, 5.41) is 3.35. The van der Waals surface area contributed by atoms with Crippen LogP contribution >= 0.6 is 15.9 Å². The van der Waals surface area contributed by atoms with Gasteiger partial charge in [-0.15, -0.1) is 0 Å². The predicted octanol–water partition coefficient (Wildman–Crippen LogP) is 2.68. The van der Waals surface area contributed by atoms with E-state index in [1.807, 2.05) is 12.1 Å². The molecule has 0 saturated carbocycles. The zero-order chi connectivity index (χ0) is 10.7. The molecule has 1 N–H and O–H groups in total. The Hall–Kier alpha value is -0.610. The number of hydrogen-bond acceptors (Lipinski definition) is 3. The molecule has 1 aromatic heterocycles. The second-order valence-electron chi connectivity index (χ2n) is 3.84. The van der Waals surface area contributed by atoms with Gasteiger partial charge in [-0.3, -0.25) is 0 Å². The Morgan fingerprint density at radius 2 is 2.53 bits per heavy atom. The SMILES string of the molecule is CC1OCCC1CNc1ncccc1Br. The van der Waals surface area contributed by atoms with Gasteiger partial charge >= 0.3 is 0 Å². The summed E-state index contributed by atoms with van der Waals surface area (Å²) in [5.74, 6) is 1.51. The molecule has 1 saturated heterocycles. The highest BCUT2D eigenvalue weighted by atomic mass is 79.9. The highest BCUT2D eigenvalue weighted by Gasteiger charge is 2.23. The molecule has 2 unspecified atom stereocenters. The number of aromatic nitrogens is 1. The van der Waals surface area contributed by atoms with Crippen LogP contribution in [-0.2, 0) is 4.74 Å². The molecule has 1 aliphatic heterocycles. The summed E-state index contributed by atoms with van der Waals surface area (Å²) in [6.45, 7) is 3.94. The van der Waals surface area contributed by atoms with Crippen LogP contribution in [0.25, 0.3) is 0 Å². The number of hydrogen-bond donors (Lipinski definition) is 1. The highest BCUT2D eigenvalue weighted by molar-refractivity contribution is 9.10. The lowest BCUT2D eigenvalue weighted by Gasteiger charge is -2.15. The molecule has 0 aliphatic carbocycles. The number of anilines is 1. The normalized spacial score (nSPS) is 25.5. The lowest BCUT2D eigenvalue weighted by atomic mass is 10.0. The molecule has 0 radical (unpaired) electrons. The fraction of sp³-hybridized carbons (Fsp3) is 0.545. The summed E-state index contributed by atoms with van der Waals surface area (Å²) in [6, 6.07) is 3.90. The van der Waals surface area contributed by atoms with E-state index in [1.54, 1.807) is 6.20 Å². The monoisotopic (exact) mass is 270 g/mol. The molecule has 0 bridgehead atoms. The zero-order valence-electron chi connectivity index (χ0n) is 8.74. The second-order valence-corrected chi connectivity index (χ2v) is 4.69. The van der Waals surface area contributed by atoms with E-state index in [0.717, 1.165) is 29.9 Å². The van der Waals surface area contributed by atoms with Crippen molar-refractivity contribution in [3.05, 3.63) is 22.8 Å². The molecule has 3 nitrogen and oxygen atoms in total. The summed E-state index contributed by atoms with van der Waals surface area (Å²) in [5.41, 5.74) is 0. The molecule has 1 aromatic rings. The molecule has 2 rings (SSSR count). The zero-order valence-corrected chi connectivity index (χ0v) is 10.3. The van der Waals surface area contributed by atoms with Crippen molar-refractivity contribution in [3.8, 4) is 0 Å². The summed E-state index contributed by atoms with van der Waals surface area (Å²) >= 11 is 3.46. The van der Waals surface area contributed by atoms with Gasteiger partial charge < -0.3 is 10.1 Å². The van der Waals surface area contributed by atoms with Gasteiger partial charge in [0.05, 0.1) is 10.6 Å². The number of ether oxygens (including phenoxy) is 1. The van der Waals surface area contributed by atoms with E-state index in [9.17, 15) is 0 Å². The average Bonchev–Trinajstić information content (AvgIpc) is 2.63. The summed E-state index contributed by atoms with van der Waals surface area (Å²) < 4.78 is 6.52. The first-order valence-corrected chi connectivity index (χ1v) is 6.02. The minimum atomic E-state index is 0.361. The van der Waals surface area contributed by atoms with E-state index in [4.69, 9.17) is 4.74 Å². The van der Waals surface area contributed by atoms with Gasteiger partial charge in [0.1, 0.15) is 5.82 Å². The summed E-state index contributed by atoms with van der Waals surface area (Å²) in [6.07, 6.45) is 3.29. The topological polar surface area (TPSA) is 34.1 Å². The molecule has 82 valence electrons. The Balaban J connectivity index is 1.90. The fourth-order valence-corrected chi connectivity index (χ4v) is 2.18. The number of halogens is 1. The first kappa shape index (κ1) is 10.9. The van der Waals surface area contributed by atoms with E-state index >= 15 is 0 Å². The Labute approximate surface area is 98.4 Å². The minimum absolute atomic E-state index is 0.361. The maximum atomic E-state index is 5.51. The quantitative estimate of drug-likeness (QED) is 0.917. The van der Waals surface area contributed by atoms with Crippen molar-refractivity contribution < 1.29 is 4.74 Å². The molecule has 1 aliphatic rings. The first-order chi connectivity index (χ1) is 7.27. The maximum absolute atomic E-state index is 5.51. The molecule has 15 heavy (non-hydrogen) atoms. The Morgan fingerprint density at radius 1 is 1.67 bits per heavy atom.